The lowest BCUT2D eigenvalue weighted by molar-refractivity contribution is -0.135. The molecule has 1 aliphatic rings. The number of imide groups is 1. The third kappa shape index (κ3) is 5.09. The minimum Gasteiger partial charge on any atom is -0.348 e. The molecular weight excluding hydrogens is 462 g/mol. The fraction of sp³-hybridized carbons (Fsp3) is 0.194. The molecule has 4 amide bonds. The molecule has 0 radical (unpaired) electrons. The van der Waals surface area contributed by atoms with Crippen molar-refractivity contribution in [2.45, 2.75) is 31.3 Å². The molecule has 1 fully saturated rings. The van der Waals surface area contributed by atoms with Crippen molar-refractivity contribution in [2.75, 3.05) is 6.54 Å². The molecular formula is C31H29N3O3. The minimum absolute atomic E-state index is 0.294. The third-order valence-corrected chi connectivity index (χ3v) is 6.91. The second kappa shape index (κ2) is 10.3. The summed E-state index contributed by atoms with van der Waals surface area (Å²) in [6.45, 7) is 1.56. The highest BCUT2D eigenvalue weighted by molar-refractivity contribution is 6.09. The summed E-state index contributed by atoms with van der Waals surface area (Å²) < 4.78 is 0. The van der Waals surface area contributed by atoms with Gasteiger partial charge in [-0.15, -0.1) is 0 Å². The van der Waals surface area contributed by atoms with E-state index in [-0.39, 0.29) is 18.5 Å². The van der Waals surface area contributed by atoms with Crippen molar-refractivity contribution in [2.24, 2.45) is 0 Å². The molecule has 0 bridgehead atoms. The molecule has 1 aliphatic heterocycles. The van der Waals surface area contributed by atoms with Gasteiger partial charge in [-0.25, -0.2) is 4.79 Å². The lowest BCUT2D eigenvalue weighted by Crippen LogP contribution is -2.51. The zero-order chi connectivity index (χ0) is 25.8. The van der Waals surface area contributed by atoms with E-state index < -0.39 is 17.5 Å². The molecule has 4 aromatic rings. The van der Waals surface area contributed by atoms with Crippen molar-refractivity contribution >= 4 is 28.6 Å². The van der Waals surface area contributed by atoms with Crippen LogP contribution in [0.1, 0.15) is 29.7 Å². The summed E-state index contributed by atoms with van der Waals surface area (Å²) in [6, 6.07) is 32.3. The zero-order valence-corrected chi connectivity index (χ0v) is 20.7. The molecule has 0 saturated carbocycles. The predicted octanol–water partition coefficient (Wildman–Crippen LogP) is 4.79. The Balaban J connectivity index is 1.35. The Labute approximate surface area is 216 Å². The fourth-order valence-corrected chi connectivity index (χ4v) is 5.15. The van der Waals surface area contributed by atoms with Crippen molar-refractivity contribution in [3.05, 3.63) is 120 Å². The van der Waals surface area contributed by atoms with E-state index in [0.29, 0.717) is 12.8 Å². The van der Waals surface area contributed by atoms with Crippen LogP contribution in [-0.2, 0) is 22.4 Å². The van der Waals surface area contributed by atoms with Gasteiger partial charge in [0.05, 0.1) is 6.04 Å². The Bertz CT molecular complexity index is 1390. The topological polar surface area (TPSA) is 78.5 Å². The highest BCUT2D eigenvalue weighted by Gasteiger charge is 2.51. The molecule has 1 heterocycles. The number of nitrogens with zero attached hydrogens (tertiary/aromatic N) is 1. The number of rotatable bonds is 8. The quantitative estimate of drug-likeness (QED) is 0.348. The maximum absolute atomic E-state index is 13.8. The first kappa shape index (κ1) is 24.3. The maximum Gasteiger partial charge on any atom is 0.325 e. The van der Waals surface area contributed by atoms with Gasteiger partial charge in [-0.05, 0) is 34.4 Å². The zero-order valence-electron chi connectivity index (χ0n) is 20.7. The van der Waals surface area contributed by atoms with Gasteiger partial charge in [-0.1, -0.05) is 103 Å². The Kier molecular flexibility index (Phi) is 6.73. The first-order chi connectivity index (χ1) is 17.9. The van der Waals surface area contributed by atoms with E-state index in [9.17, 15) is 14.4 Å². The van der Waals surface area contributed by atoms with E-state index in [0.717, 1.165) is 32.4 Å². The van der Waals surface area contributed by atoms with E-state index in [4.69, 9.17) is 0 Å². The molecule has 37 heavy (non-hydrogen) atoms. The lowest BCUT2D eigenvalue weighted by Gasteiger charge is -2.27. The number of amides is 4. The summed E-state index contributed by atoms with van der Waals surface area (Å²) in [5.41, 5.74) is 1.68. The Hall–Kier alpha value is -4.45. The van der Waals surface area contributed by atoms with Crippen molar-refractivity contribution in [3.8, 4) is 0 Å². The molecule has 0 aromatic heterocycles. The Morgan fingerprint density at radius 3 is 2.03 bits per heavy atom. The first-order valence-corrected chi connectivity index (χ1v) is 12.4. The van der Waals surface area contributed by atoms with Gasteiger partial charge in [-0.3, -0.25) is 14.5 Å². The normalized spacial score (nSPS) is 15.4. The van der Waals surface area contributed by atoms with Crippen molar-refractivity contribution in [1.82, 2.24) is 15.5 Å². The summed E-state index contributed by atoms with van der Waals surface area (Å²) in [6.07, 6.45) is 0.662. The first-order valence-electron chi connectivity index (χ1n) is 12.4. The third-order valence-electron chi connectivity index (χ3n) is 6.91. The molecule has 6 heteroatoms. The molecule has 5 rings (SSSR count). The standard InChI is InChI=1S/C31H29N3O3/c1-22(26-18-10-16-25-15-8-9-17-27(25)26)32-28(35)21-34-29(36)31(33-30(34)37,19-23-11-4-2-5-12-23)20-24-13-6-3-7-14-24/h2-18,22H,19-21H2,1H3,(H,32,35)(H,33,37). The number of urea groups is 1. The molecule has 1 unspecified atom stereocenters. The predicted molar refractivity (Wildman–Crippen MR) is 144 cm³/mol. The van der Waals surface area contributed by atoms with E-state index in [1.54, 1.807) is 0 Å². The van der Waals surface area contributed by atoms with Crippen LogP contribution in [0.3, 0.4) is 0 Å². The summed E-state index contributed by atoms with van der Waals surface area (Å²) in [5.74, 6) is -0.780. The van der Waals surface area contributed by atoms with E-state index >= 15 is 0 Å². The number of nitrogens with one attached hydrogen (secondary N) is 2. The monoisotopic (exact) mass is 491 g/mol. The van der Waals surface area contributed by atoms with E-state index in [1.165, 1.54) is 0 Å². The Morgan fingerprint density at radius 2 is 1.38 bits per heavy atom. The molecule has 0 spiro atoms. The van der Waals surface area contributed by atoms with Crippen LogP contribution in [0.25, 0.3) is 10.8 Å². The van der Waals surface area contributed by atoms with Gasteiger partial charge >= 0.3 is 6.03 Å². The summed E-state index contributed by atoms with van der Waals surface area (Å²) in [5, 5.41) is 8.04. The number of benzene rings is 4. The molecule has 2 N–H and O–H groups in total. The number of carbonyl (C=O) groups excluding carboxylic acids is 3. The van der Waals surface area contributed by atoms with Gasteiger partial charge < -0.3 is 10.6 Å². The summed E-state index contributed by atoms with van der Waals surface area (Å²) >= 11 is 0. The molecule has 4 aromatic carbocycles. The molecule has 0 aliphatic carbocycles. The Morgan fingerprint density at radius 1 is 0.811 bits per heavy atom. The van der Waals surface area contributed by atoms with Crippen LogP contribution < -0.4 is 10.6 Å². The van der Waals surface area contributed by atoms with Gasteiger partial charge in [-0.2, -0.15) is 0 Å². The van der Waals surface area contributed by atoms with Gasteiger partial charge in [0.2, 0.25) is 5.91 Å². The minimum atomic E-state index is -1.17. The van der Waals surface area contributed by atoms with Gasteiger partial charge in [0, 0.05) is 12.8 Å². The van der Waals surface area contributed by atoms with Crippen molar-refractivity contribution in [3.63, 3.8) is 0 Å². The number of carbonyl (C=O) groups is 3. The van der Waals surface area contributed by atoms with Crippen LogP contribution in [0, 0.1) is 0 Å². The summed E-state index contributed by atoms with van der Waals surface area (Å²) in [4.78, 5) is 40.9. The average Bonchev–Trinajstić information content (AvgIpc) is 3.13. The van der Waals surface area contributed by atoms with Crippen LogP contribution in [-0.4, -0.2) is 34.8 Å². The van der Waals surface area contributed by atoms with Crippen LogP contribution in [0.5, 0.6) is 0 Å². The van der Waals surface area contributed by atoms with Crippen molar-refractivity contribution in [1.29, 1.82) is 0 Å². The number of hydrogen-bond donors (Lipinski definition) is 2. The second-order valence-electron chi connectivity index (χ2n) is 9.59. The van der Waals surface area contributed by atoms with Gasteiger partial charge in [0.25, 0.3) is 5.91 Å². The van der Waals surface area contributed by atoms with Crippen LogP contribution in [0.2, 0.25) is 0 Å². The van der Waals surface area contributed by atoms with Gasteiger partial charge in [0.15, 0.2) is 0 Å². The lowest BCUT2D eigenvalue weighted by atomic mass is 9.84. The summed E-state index contributed by atoms with van der Waals surface area (Å²) in [7, 11) is 0. The largest absolute Gasteiger partial charge is 0.348 e. The van der Waals surface area contributed by atoms with Gasteiger partial charge in [0.1, 0.15) is 12.1 Å². The van der Waals surface area contributed by atoms with Crippen LogP contribution >= 0.6 is 0 Å². The number of fused-ring (bicyclic) bond motifs is 1. The highest BCUT2D eigenvalue weighted by Crippen LogP contribution is 2.28. The maximum atomic E-state index is 13.8. The van der Waals surface area contributed by atoms with E-state index in [2.05, 4.69) is 10.6 Å². The molecule has 6 nitrogen and oxygen atoms in total. The average molecular weight is 492 g/mol. The number of hydrogen-bond acceptors (Lipinski definition) is 3. The SMILES string of the molecule is CC(NC(=O)CN1C(=O)NC(Cc2ccccc2)(Cc2ccccc2)C1=O)c1cccc2ccccc12. The molecule has 1 saturated heterocycles. The molecule has 1 atom stereocenters. The molecule has 186 valence electrons. The second-order valence-corrected chi connectivity index (χ2v) is 9.59. The van der Waals surface area contributed by atoms with Crippen LogP contribution in [0.4, 0.5) is 4.79 Å². The van der Waals surface area contributed by atoms with Crippen molar-refractivity contribution < 1.29 is 14.4 Å². The van der Waals surface area contributed by atoms with E-state index in [1.807, 2.05) is 110 Å². The highest BCUT2D eigenvalue weighted by atomic mass is 16.2. The fourth-order valence-electron chi connectivity index (χ4n) is 5.15. The van der Waals surface area contributed by atoms with Crippen LogP contribution in [0.15, 0.2) is 103 Å². The smallest absolute Gasteiger partial charge is 0.325 e.